The highest BCUT2D eigenvalue weighted by atomic mass is 35.5. The predicted molar refractivity (Wildman–Crippen MR) is 106 cm³/mol. The first-order valence-corrected chi connectivity index (χ1v) is 9.94. The fraction of sp³-hybridized carbons (Fsp3) is 0.421. The van der Waals surface area contributed by atoms with E-state index in [4.69, 9.17) is 21.1 Å². The lowest BCUT2D eigenvalue weighted by molar-refractivity contribution is -0.141. The molecule has 1 aromatic carbocycles. The molecule has 2 aliphatic rings. The smallest absolute Gasteiger partial charge is 0.338 e. The van der Waals surface area contributed by atoms with Gasteiger partial charge in [0, 0.05) is 12.1 Å². The number of halogens is 1. The van der Waals surface area contributed by atoms with Crippen LogP contribution in [0.2, 0.25) is 5.02 Å². The maximum Gasteiger partial charge on any atom is 0.338 e. The van der Waals surface area contributed by atoms with E-state index >= 15 is 0 Å². The molecule has 0 N–H and O–H groups in total. The van der Waals surface area contributed by atoms with Gasteiger partial charge in [-0.2, -0.15) is 0 Å². The van der Waals surface area contributed by atoms with Crippen molar-refractivity contribution >= 4 is 40.4 Å². The normalized spacial score (nSPS) is 22.0. The fourth-order valence-electron chi connectivity index (χ4n) is 3.11. The van der Waals surface area contributed by atoms with Crippen LogP contribution in [0.25, 0.3) is 0 Å². The zero-order valence-electron chi connectivity index (χ0n) is 15.4. The number of hydrogen-bond donors (Lipinski definition) is 0. The lowest BCUT2D eigenvalue weighted by Crippen LogP contribution is -2.40. The highest BCUT2D eigenvalue weighted by Crippen LogP contribution is 2.44. The van der Waals surface area contributed by atoms with Crippen LogP contribution in [0.1, 0.15) is 31.9 Å². The van der Waals surface area contributed by atoms with Crippen molar-refractivity contribution in [1.82, 2.24) is 4.90 Å². The van der Waals surface area contributed by atoms with Gasteiger partial charge in [0.05, 0.1) is 29.2 Å². The lowest BCUT2D eigenvalue weighted by atomic mass is 9.94. The molecule has 2 heterocycles. The number of ether oxygens (including phenoxy) is 2. The molecule has 2 aliphatic heterocycles. The van der Waals surface area contributed by atoms with Crippen molar-refractivity contribution in [2.75, 3.05) is 20.3 Å². The molecular weight excluding hydrogens is 388 g/mol. The third-order valence-corrected chi connectivity index (χ3v) is 6.02. The first-order chi connectivity index (χ1) is 13.0. The average Bonchev–Trinajstić information content (AvgIpc) is 2.96. The van der Waals surface area contributed by atoms with Crippen LogP contribution in [-0.2, 0) is 19.1 Å². The van der Waals surface area contributed by atoms with Crippen LogP contribution >= 0.6 is 23.4 Å². The number of carbonyl (C=O) groups excluding carboxylic acids is 2. The number of amides is 1. The van der Waals surface area contributed by atoms with Crippen LogP contribution in [0.3, 0.4) is 0 Å². The number of fused-ring (bicyclic) bond motifs is 1. The van der Waals surface area contributed by atoms with Crippen LogP contribution in [0, 0.1) is 0 Å². The van der Waals surface area contributed by atoms with Gasteiger partial charge in [0.25, 0.3) is 0 Å². The molecule has 0 radical (unpaired) electrons. The van der Waals surface area contributed by atoms with E-state index in [2.05, 4.69) is 4.99 Å². The molecule has 0 aromatic heterocycles. The maximum absolute atomic E-state index is 13.0. The SMILES string of the molecule is CC[C@@H]1SC2=NC(C)=C(C(=O)OCCOC)[C@@H](c3ccc(Cl)cc3)N2C1=O. The summed E-state index contributed by atoms with van der Waals surface area (Å²) in [6.45, 7) is 4.17. The summed E-state index contributed by atoms with van der Waals surface area (Å²) in [7, 11) is 1.54. The summed E-state index contributed by atoms with van der Waals surface area (Å²) in [5.74, 6) is -0.541. The van der Waals surface area contributed by atoms with Crippen LogP contribution < -0.4 is 0 Å². The number of hydrogen-bond acceptors (Lipinski definition) is 6. The molecule has 6 nitrogen and oxygen atoms in total. The maximum atomic E-state index is 13.0. The number of esters is 1. The van der Waals surface area contributed by atoms with E-state index < -0.39 is 12.0 Å². The van der Waals surface area contributed by atoms with E-state index in [-0.39, 0.29) is 17.8 Å². The Morgan fingerprint density at radius 2 is 2.00 bits per heavy atom. The fourth-order valence-corrected chi connectivity index (χ4v) is 4.37. The molecule has 0 bridgehead atoms. The second-order valence-corrected chi connectivity index (χ2v) is 7.81. The van der Waals surface area contributed by atoms with Crippen LogP contribution in [-0.4, -0.2) is 47.5 Å². The molecule has 8 heteroatoms. The Kier molecular flexibility index (Phi) is 6.24. The summed E-state index contributed by atoms with van der Waals surface area (Å²) >= 11 is 7.46. The second-order valence-electron chi connectivity index (χ2n) is 6.20. The van der Waals surface area contributed by atoms with Crippen LogP contribution in [0.5, 0.6) is 0 Å². The number of allylic oxidation sites excluding steroid dienone is 1. The van der Waals surface area contributed by atoms with Gasteiger partial charge in [0.2, 0.25) is 5.91 Å². The first kappa shape index (κ1) is 19.9. The van der Waals surface area contributed by atoms with E-state index in [1.165, 1.54) is 18.9 Å². The summed E-state index contributed by atoms with van der Waals surface area (Å²) in [6, 6.07) is 6.56. The predicted octanol–water partition coefficient (Wildman–Crippen LogP) is 3.57. The minimum Gasteiger partial charge on any atom is -0.460 e. The third-order valence-electron chi connectivity index (χ3n) is 4.45. The summed E-state index contributed by atoms with van der Waals surface area (Å²) in [6.07, 6.45) is 0.693. The summed E-state index contributed by atoms with van der Waals surface area (Å²) in [4.78, 5) is 31.9. The largest absolute Gasteiger partial charge is 0.460 e. The minimum absolute atomic E-state index is 0.0455. The average molecular weight is 409 g/mol. The molecule has 1 aromatic rings. The quantitative estimate of drug-likeness (QED) is 0.531. The van der Waals surface area contributed by atoms with Gasteiger partial charge in [-0.3, -0.25) is 9.69 Å². The summed E-state index contributed by atoms with van der Waals surface area (Å²) in [5.41, 5.74) is 1.71. The van der Waals surface area contributed by atoms with Crippen molar-refractivity contribution in [3.63, 3.8) is 0 Å². The molecule has 0 spiro atoms. The molecule has 1 fully saturated rings. The van der Waals surface area contributed by atoms with Crippen molar-refractivity contribution in [2.45, 2.75) is 31.6 Å². The van der Waals surface area contributed by atoms with Crippen molar-refractivity contribution in [3.05, 3.63) is 46.1 Å². The van der Waals surface area contributed by atoms with Gasteiger partial charge in [0.15, 0.2) is 5.17 Å². The molecule has 0 saturated carbocycles. The van der Waals surface area contributed by atoms with E-state index in [1.807, 2.05) is 19.1 Å². The standard InChI is InChI=1S/C19H21ClN2O4S/c1-4-14-17(23)22-16(12-5-7-13(20)8-6-12)15(11(2)21-19(22)27-14)18(24)26-10-9-25-3/h5-8,14,16H,4,9-10H2,1-3H3/t14-,16+/m0/s1. The Balaban J connectivity index is 2.03. The van der Waals surface area contributed by atoms with E-state index in [9.17, 15) is 9.59 Å². The summed E-state index contributed by atoms with van der Waals surface area (Å²) in [5, 5.41) is 1.01. The number of thioether (sulfide) groups is 1. The third kappa shape index (κ3) is 3.90. The van der Waals surface area contributed by atoms with Gasteiger partial charge in [0.1, 0.15) is 6.61 Å². The van der Waals surface area contributed by atoms with Crippen LogP contribution in [0.4, 0.5) is 0 Å². The molecule has 3 rings (SSSR count). The number of amidine groups is 1. The number of methoxy groups -OCH3 is 1. The van der Waals surface area contributed by atoms with Gasteiger partial charge in [-0.05, 0) is 31.0 Å². The minimum atomic E-state index is -0.582. The summed E-state index contributed by atoms with van der Waals surface area (Å²) < 4.78 is 10.3. The highest BCUT2D eigenvalue weighted by Gasteiger charge is 2.47. The lowest BCUT2D eigenvalue weighted by Gasteiger charge is -2.33. The van der Waals surface area contributed by atoms with E-state index in [1.54, 1.807) is 24.0 Å². The van der Waals surface area contributed by atoms with Crippen molar-refractivity contribution < 1.29 is 19.1 Å². The van der Waals surface area contributed by atoms with Gasteiger partial charge < -0.3 is 9.47 Å². The second kappa shape index (κ2) is 8.46. The number of rotatable bonds is 6. The van der Waals surface area contributed by atoms with Gasteiger partial charge in [-0.15, -0.1) is 0 Å². The van der Waals surface area contributed by atoms with E-state index in [0.717, 1.165) is 5.56 Å². The molecular formula is C19H21ClN2O4S. The zero-order valence-corrected chi connectivity index (χ0v) is 17.0. The molecule has 1 amide bonds. The highest BCUT2D eigenvalue weighted by molar-refractivity contribution is 8.15. The Morgan fingerprint density at radius 1 is 1.30 bits per heavy atom. The molecule has 0 aliphatic carbocycles. The van der Waals surface area contributed by atoms with Crippen LogP contribution in [0.15, 0.2) is 40.5 Å². The number of carbonyl (C=O) groups is 2. The Morgan fingerprint density at radius 3 is 2.63 bits per heavy atom. The van der Waals surface area contributed by atoms with Crippen molar-refractivity contribution in [3.8, 4) is 0 Å². The Labute approximate surface area is 167 Å². The first-order valence-electron chi connectivity index (χ1n) is 8.68. The monoisotopic (exact) mass is 408 g/mol. The van der Waals surface area contributed by atoms with Crippen molar-refractivity contribution in [1.29, 1.82) is 0 Å². The Hall–Kier alpha value is -1.83. The molecule has 144 valence electrons. The molecule has 2 atom stereocenters. The van der Waals surface area contributed by atoms with Gasteiger partial charge >= 0.3 is 5.97 Å². The van der Waals surface area contributed by atoms with Gasteiger partial charge in [-0.1, -0.05) is 42.4 Å². The van der Waals surface area contributed by atoms with Gasteiger partial charge in [-0.25, -0.2) is 9.79 Å². The van der Waals surface area contributed by atoms with Crippen molar-refractivity contribution in [2.24, 2.45) is 4.99 Å². The zero-order chi connectivity index (χ0) is 19.6. The molecule has 27 heavy (non-hydrogen) atoms. The molecule has 0 unspecified atom stereocenters. The number of benzene rings is 1. The Bertz CT molecular complexity index is 806. The topological polar surface area (TPSA) is 68.2 Å². The molecule has 1 saturated heterocycles. The number of nitrogens with zero attached hydrogens (tertiary/aromatic N) is 2. The number of aliphatic imine (C=N–C) groups is 1. The van der Waals surface area contributed by atoms with E-state index in [0.29, 0.717) is 34.5 Å².